The zero-order chi connectivity index (χ0) is 57.2. The van der Waals surface area contributed by atoms with E-state index in [-0.39, 0.29) is 31.5 Å². The Morgan fingerprint density at radius 1 is 0.462 bits per heavy atom. The predicted molar refractivity (Wildman–Crippen MR) is 337 cm³/mol. The number of ether oxygens (including phenoxy) is 1. The van der Waals surface area contributed by atoms with E-state index in [0.717, 1.165) is 122 Å². The molecule has 0 aliphatic heterocycles. The summed E-state index contributed by atoms with van der Waals surface area (Å²) >= 11 is 0. The van der Waals surface area contributed by atoms with Gasteiger partial charge in [-0.3, -0.25) is 18.6 Å². The Hall–Kier alpha value is -3.07. The number of carbonyl (C=O) groups excluding carboxylic acids is 2. The van der Waals surface area contributed by atoms with E-state index in [1.807, 2.05) is 33.3 Å². The maximum Gasteiger partial charge on any atom is 0.472 e. The number of quaternary nitrogens is 1. The van der Waals surface area contributed by atoms with Gasteiger partial charge in [0, 0.05) is 12.8 Å². The molecule has 450 valence electrons. The van der Waals surface area contributed by atoms with Crippen LogP contribution in [-0.2, 0) is 27.9 Å². The minimum Gasteiger partial charge on any atom is -0.456 e. The second-order valence-electron chi connectivity index (χ2n) is 22.5. The third-order valence-corrected chi connectivity index (χ3v) is 14.7. The van der Waals surface area contributed by atoms with Gasteiger partial charge in [0.2, 0.25) is 5.91 Å². The van der Waals surface area contributed by atoms with Gasteiger partial charge in [0.1, 0.15) is 19.3 Å². The third-order valence-electron chi connectivity index (χ3n) is 13.8. The topological polar surface area (TPSA) is 111 Å². The standard InChI is InChI=1S/C68H121N2O7P/c1-7-10-13-16-19-22-25-27-29-30-31-32-33-34-35-36-37-38-39-40-41-43-46-49-52-55-58-61-68(72)77-66(59-56-53-50-47-44-24-21-18-15-12-9-3)65(64-76-78(73,74)75-63-62-70(4,5)6)69-67(71)60-57-54-51-48-45-42-28-26-23-20-17-14-11-8-2/h10,13,19,22,27,29,31-32,34-35,37-38,42,45,56,59,65-66H,7-9,11-12,14-18,20-21,23-26,28,30,33,36,39-41,43-44,46-55,57-58,60-64H2,1-6H3,(H-,69,71,73,74)/p+1/b13-10-,22-19-,29-27-,32-31-,35-34-,38-37-,45-42-,59-56-. The first-order chi connectivity index (χ1) is 37.9. The number of nitrogens with zero attached hydrogens (tertiary/aromatic N) is 1. The van der Waals surface area contributed by atoms with Gasteiger partial charge >= 0.3 is 13.8 Å². The number of allylic oxidation sites excluding steroid dienone is 15. The molecule has 0 aliphatic carbocycles. The number of unbranched alkanes of at least 4 members (excludes halogenated alkanes) is 27. The number of rotatable bonds is 57. The van der Waals surface area contributed by atoms with Gasteiger partial charge in [-0.15, -0.1) is 0 Å². The Morgan fingerprint density at radius 2 is 0.821 bits per heavy atom. The SMILES string of the molecule is CC/C=C\C/C=C\C/C=C\C/C=C\C/C=C\C/C=C\CCCCCCCCCCC(=O)OC(/C=C\CCCCCCCCCCC)C(COP(=O)(O)OCC[N+](C)(C)C)NC(=O)CCCCC/C=C\CCCCCCCCC. The zero-order valence-electron chi connectivity index (χ0n) is 51.4. The minimum absolute atomic E-state index is 0.0325. The van der Waals surface area contributed by atoms with Crippen molar-refractivity contribution in [3.05, 3.63) is 97.2 Å². The Labute approximate surface area is 481 Å². The van der Waals surface area contributed by atoms with Crippen molar-refractivity contribution in [2.45, 2.75) is 283 Å². The smallest absolute Gasteiger partial charge is 0.456 e. The Kier molecular flexibility index (Phi) is 54.9. The van der Waals surface area contributed by atoms with E-state index in [1.165, 1.54) is 116 Å². The molecule has 1 amide bonds. The molecule has 10 heteroatoms. The zero-order valence-corrected chi connectivity index (χ0v) is 52.3. The van der Waals surface area contributed by atoms with E-state index < -0.39 is 20.0 Å². The van der Waals surface area contributed by atoms with Crippen LogP contribution < -0.4 is 5.32 Å². The molecule has 2 N–H and O–H groups in total. The minimum atomic E-state index is -4.46. The molecule has 0 bridgehead atoms. The van der Waals surface area contributed by atoms with Crippen LogP contribution in [0.3, 0.4) is 0 Å². The molecular formula is C68H122N2O7P+. The van der Waals surface area contributed by atoms with Crippen LogP contribution in [0, 0.1) is 0 Å². The normalized spacial score (nSPS) is 14.3. The summed E-state index contributed by atoms with van der Waals surface area (Å²) < 4.78 is 30.7. The molecule has 78 heavy (non-hydrogen) atoms. The summed E-state index contributed by atoms with van der Waals surface area (Å²) in [7, 11) is 1.47. The highest BCUT2D eigenvalue weighted by Crippen LogP contribution is 2.43. The molecule has 3 atom stereocenters. The number of phosphoric ester groups is 1. The van der Waals surface area contributed by atoms with Crippen LogP contribution in [-0.4, -0.2) is 74.3 Å². The number of carbonyl (C=O) groups is 2. The van der Waals surface area contributed by atoms with Crippen molar-refractivity contribution in [1.29, 1.82) is 0 Å². The van der Waals surface area contributed by atoms with E-state index in [2.05, 4.69) is 111 Å². The second kappa shape index (κ2) is 57.2. The average molecular weight is 1110 g/mol. The van der Waals surface area contributed by atoms with Crippen LogP contribution in [0.1, 0.15) is 271 Å². The van der Waals surface area contributed by atoms with Crippen molar-refractivity contribution in [3.63, 3.8) is 0 Å². The maximum atomic E-state index is 13.5. The Bertz CT molecular complexity index is 1660. The molecule has 0 heterocycles. The van der Waals surface area contributed by atoms with Gasteiger partial charge in [0.15, 0.2) is 0 Å². The van der Waals surface area contributed by atoms with Gasteiger partial charge in [-0.1, -0.05) is 247 Å². The van der Waals surface area contributed by atoms with Crippen molar-refractivity contribution < 1.29 is 37.3 Å². The van der Waals surface area contributed by atoms with Crippen molar-refractivity contribution in [2.24, 2.45) is 0 Å². The van der Waals surface area contributed by atoms with E-state index in [1.54, 1.807) is 0 Å². The maximum absolute atomic E-state index is 13.5. The summed E-state index contributed by atoms with van der Waals surface area (Å²) in [6.07, 6.45) is 77.0. The van der Waals surface area contributed by atoms with Crippen LogP contribution in [0.15, 0.2) is 97.2 Å². The largest absolute Gasteiger partial charge is 0.472 e. The van der Waals surface area contributed by atoms with E-state index in [9.17, 15) is 19.0 Å². The molecule has 0 spiro atoms. The van der Waals surface area contributed by atoms with Gasteiger partial charge in [-0.05, 0) is 109 Å². The molecule has 0 rings (SSSR count). The summed E-state index contributed by atoms with van der Waals surface area (Å²) in [6, 6.07) is -0.864. The molecule has 0 saturated heterocycles. The van der Waals surface area contributed by atoms with E-state index in [0.29, 0.717) is 17.4 Å². The predicted octanol–water partition coefficient (Wildman–Crippen LogP) is 19.9. The first kappa shape index (κ1) is 74.9. The number of nitrogens with one attached hydrogen (secondary N) is 1. The Balaban J connectivity index is 5.11. The highest BCUT2D eigenvalue weighted by molar-refractivity contribution is 7.47. The monoisotopic (exact) mass is 1110 g/mol. The van der Waals surface area contributed by atoms with Gasteiger partial charge in [-0.25, -0.2) is 4.57 Å². The number of esters is 1. The molecule has 0 saturated carbocycles. The highest BCUT2D eigenvalue weighted by atomic mass is 31.2. The molecule has 0 radical (unpaired) electrons. The van der Waals surface area contributed by atoms with Crippen molar-refractivity contribution >= 4 is 19.7 Å². The summed E-state index contributed by atoms with van der Waals surface area (Å²) in [4.78, 5) is 37.7. The second-order valence-corrected chi connectivity index (χ2v) is 24.0. The summed E-state index contributed by atoms with van der Waals surface area (Å²) in [5.74, 6) is -0.535. The molecule has 0 aromatic rings. The lowest BCUT2D eigenvalue weighted by atomic mass is 10.1. The number of phosphoric acid groups is 1. The van der Waals surface area contributed by atoms with Gasteiger partial charge < -0.3 is 19.4 Å². The van der Waals surface area contributed by atoms with Crippen LogP contribution in [0.2, 0.25) is 0 Å². The van der Waals surface area contributed by atoms with Gasteiger partial charge in [-0.2, -0.15) is 0 Å². The highest BCUT2D eigenvalue weighted by Gasteiger charge is 2.30. The fourth-order valence-electron chi connectivity index (χ4n) is 8.82. The van der Waals surface area contributed by atoms with E-state index in [4.69, 9.17) is 13.8 Å². The lowest BCUT2D eigenvalue weighted by Crippen LogP contribution is -2.47. The molecular weight excluding hydrogens is 988 g/mol. The third kappa shape index (κ3) is 57.6. The lowest BCUT2D eigenvalue weighted by Gasteiger charge is -2.27. The van der Waals surface area contributed by atoms with E-state index >= 15 is 0 Å². The van der Waals surface area contributed by atoms with Crippen molar-refractivity contribution in [2.75, 3.05) is 40.9 Å². The number of amides is 1. The van der Waals surface area contributed by atoms with Gasteiger partial charge in [0.25, 0.3) is 0 Å². The molecule has 0 aliphatic rings. The average Bonchev–Trinajstić information content (AvgIpc) is 3.40. The van der Waals surface area contributed by atoms with Gasteiger partial charge in [0.05, 0.1) is 33.8 Å². The Morgan fingerprint density at radius 3 is 1.26 bits per heavy atom. The van der Waals surface area contributed by atoms with Crippen LogP contribution in [0.4, 0.5) is 0 Å². The number of hydrogen-bond donors (Lipinski definition) is 2. The van der Waals surface area contributed by atoms with Crippen molar-refractivity contribution in [3.8, 4) is 0 Å². The lowest BCUT2D eigenvalue weighted by molar-refractivity contribution is -0.870. The molecule has 9 nitrogen and oxygen atoms in total. The number of likely N-dealkylation sites (N-methyl/N-ethyl adjacent to an activating group) is 1. The molecule has 3 unspecified atom stereocenters. The van der Waals surface area contributed by atoms with Crippen LogP contribution >= 0.6 is 7.82 Å². The summed E-state index contributed by atoms with van der Waals surface area (Å²) in [5.41, 5.74) is 0. The fourth-order valence-corrected chi connectivity index (χ4v) is 9.56. The molecule has 0 fully saturated rings. The quantitative estimate of drug-likeness (QED) is 0.0205. The molecule has 0 aromatic carbocycles. The first-order valence-corrected chi connectivity index (χ1v) is 33.6. The summed E-state index contributed by atoms with van der Waals surface area (Å²) in [5, 5.41) is 3.04. The van der Waals surface area contributed by atoms with Crippen LogP contribution in [0.25, 0.3) is 0 Å². The number of hydrogen-bond acceptors (Lipinski definition) is 6. The summed E-state index contributed by atoms with van der Waals surface area (Å²) in [6.45, 7) is 6.87. The molecule has 0 aromatic heterocycles. The van der Waals surface area contributed by atoms with Crippen molar-refractivity contribution in [1.82, 2.24) is 5.32 Å². The first-order valence-electron chi connectivity index (χ1n) is 32.1. The fraction of sp³-hybridized carbons (Fsp3) is 0.735. The van der Waals surface area contributed by atoms with Crippen LogP contribution in [0.5, 0.6) is 0 Å².